The summed E-state index contributed by atoms with van der Waals surface area (Å²) in [5, 5.41) is 4.53. The molecule has 0 saturated carbocycles. The van der Waals surface area contributed by atoms with Crippen molar-refractivity contribution < 1.29 is 24.0 Å². The molecule has 3 aromatic carbocycles. The Balaban J connectivity index is 0.00000274. The Kier molecular flexibility index (Phi) is 9.29. The van der Waals surface area contributed by atoms with Crippen LogP contribution in [0.1, 0.15) is 32.6 Å². The fourth-order valence-corrected chi connectivity index (χ4v) is 13.3. The molecule has 34 heavy (non-hydrogen) atoms. The van der Waals surface area contributed by atoms with E-state index in [-0.39, 0.29) is 24.0 Å². The van der Waals surface area contributed by atoms with Gasteiger partial charge in [-0.2, -0.15) is 0 Å². The van der Waals surface area contributed by atoms with Gasteiger partial charge < -0.3 is 24.0 Å². The monoisotopic (exact) mass is 616 g/mol. The molecule has 0 nitrogen and oxygen atoms in total. The maximum absolute atomic E-state index is 2.64. The molecule has 1 spiro atoms. The second-order valence-electron chi connectivity index (χ2n) is 9.31. The lowest BCUT2D eigenvalue weighted by atomic mass is 9.85. The van der Waals surface area contributed by atoms with E-state index >= 15 is 0 Å². The molecule has 0 N–H and O–H groups in total. The van der Waals surface area contributed by atoms with E-state index in [1.165, 1.54) is 59.3 Å². The van der Waals surface area contributed by atoms with E-state index < -0.39 is 7.26 Å². The lowest BCUT2D eigenvalue weighted by Crippen LogP contribution is -3.00. The highest BCUT2D eigenvalue weighted by Crippen LogP contribution is 2.57. The fourth-order valence-electron chi connectivity index (χ4n) is 5.67. The second-order valence-corrected chi connectivity index (χ2v) is 16.0. The van der Waals surface area contributed by atoms with Gasteiger partial charge in [-0.25, -0.2) is 0 Å². The number of allylic oxidation sites excluding steroid dienone is 1. The molecule has 4 heteroatoms. The lowest BCUT2D eigenvalue weighted by molar-refractivity contribution is -0.00000637. The molecule has 1 aliphatic carbocycles. The normalized spacial score (nSPS) is 19.4. The summed E-state index contributed by atoms with van der Waals surface area (Å²) in [6.07, 6.45) is 9.16. The molecule has 0 radical (unpaired) electrons. The molecule has 1 fully saturated rings. The summed E-state index contributed by atoms with van der Waals surface area (Å²) in [5.41, 5.74) is 1.64. The molecular weight excluding hydrogens is 582 g/mol. The Morgan fingerprint density at radius 1 is 0.765 bits per heavy atom. The van der Waals surface area contributed by atoms with Crippen molar-refractivity contribution in [3.8, 4) is 0 Å². The summed E-state index contributed by atoms with van der Waals surface area (Å²) in [4.78, 5) is 0. The van der Waals surface area contributed by atoms with Gasteiger partial charge in [0.1, 0.15) is 23.2 Å². The lowest BCUT2D eigenvalue weighted by Gasteiger charge is -2.34. The molecule has 1 saturated heterocycles. The van der Waals surface area contributed by atoms with Gasteiger partial charge in [0.05, 0.1) is 10.2 Å². The van der Waals surface area contributed by atoms with Gasteiger partial charge in [0.2, 0.25) is 0 Å². The zero-order valence-corrected chi connectivity index (χ0v) is 24.6. The maximum Gasteiger partial charge on any atom is 0.112 e. The number of hydrogen-bond donors (Lipinski definition) is 0. The van der Waals surface area contributed by atoms with Gasteiger partial charge >= 0.3 is 0 Å². The molecule has 1 heterocycles. The van der Waals surface area contributed by atoms with Crippen LogP contribution >= 0.6 is 30.8 Å². The Labute approximate surface area is 232 Å². The topological polar surface area (TPSA) is 0 Å². The van der Waals surface area contributed by atoms with E-state index in [9.17, 15) is 0 Å². The Morgan fingerprint density at radius 2 is 1.24 bits per heavy atom. The van der Waals surface area contributed by atoms with Gasteiger partial charge in [-0.15, -0.1) is 23.5 Å². The zero-order valence-electron chi connectivity index (χ0n) is 19.9. The quantitative estimate of drug-likeness (QED) is 0.221. The summed E-state index contributed by atoms with van der Waals surface area (Å²) in [7, 11) is -1.70. The molecule has 0 aromatic heterocycles. The highest BCUT2D eigenvalue weighted by atomic mass is 127. The minimum atomic E-state index is -1.70. The molecule has 3 aromatic rings. The van der Waals surface area contributed by atoms with Gasteiger partial charge in [0.25, 0.3) is 0 Å². The molecule has 5 rings (SSSR count). The summed E-state index contributed by atoms with van der Waals surface area (Å²) in [6, 6.07) is 34.0. The number of benzene rings is 3. The third kappa shape index (κ3) is 5.48. The number of thioether (sulfide) groups is 2. The van der Waals surface area contributed by atoms with Crippen molar-refractivity contribution in [3.05, 3.63) is 103 Å². The number of hydrogen-bond acceptors (Lipinski definition) is 2. The first kappa shape index (κ1) is 26.3. The Bertz CT molecular complexity index is 966. The average molecular weight is 617 g/mol. The maximum atomic E-state index is 2.64. The molecule has 1 atom stereocenters. The van der Waals surface area contributed by atoms with Crippen molar-refractivity contribution >= 4 is 46.7 Å². The minimum Gasteiger partial charge on any atom is -1.00 e. The van der Waals surface area contributed by atoms with Crippen molar-refractivity contribution in [1.29, 1.82) is 0 Å². The molecular formula is C30H34IPS2. The smallest absolute Gasteiger partial charge is 0.112 e. The highest BCUT2D eigenvalue weighted by Gasteiger charge is 2.45. The molecule has 1 unspecified atom stereocenters. The third-order valence-corrected chi connectivity index (χ3v) is 15.3. The minimum absolute atomic E-state index is 0. The van der Waals surface area contributed by atoms with E-state index in [1.54, 1.807) is 5.57 Å². The fraction of sp³-hybridized carbons (Fsp3) is 0.333. The zero-order chi connectivity index (χ0) is 22.6. The van der Waals surface area contributed by atoms with E-state index in [4.69, 9.17) is 0 Å². The van der Waals surface area contributed by atoms with Crippen LogP contribution in [0.4, 0.5) is 0 Å². The largest absolute Gasteiger partial charge is 1.00 e. The van der Waals surface area contributed by atoms with E-state index in [2.05, 4.69) is 128 Å². The standard InChI is InChI=1S/C30H34PS2.HI/c1-25-24-30(32-22-23-33-30)20-19-26(25)12-11-21-31(27-13-5-2-6-14-27,28-15-7-3-8-16-28)29-17-9-4-10-18-29;/h2-10,13-18,24,26H,11-12,19-23H2,1H3;1H/q+1;/p-1. The average Bonchev–Trinajstić information content (AvgIpc) is 3.32. The third-order valence-electron chi connectivity index (χ3n) is 7.35. The predicted molar refractivity (Wildman–Crippen MR) is 153 cm³/mol. The molecule has 178 valence electrons. The van der Waals surface area contributed by atoms with Crippen molar-refractivity contribution in [2.24, 2.45) is 5.92 Å². The summed E-state index contributed by atoms with van der Waals surface area (Å²) in [6.45, 7) is 2.40. The molecule has 1 aliphatic heterocycles. The first-order valence-electron chi connectivity index (χ1n) is 12.2. The molecule has 0 amide bonds. The van der Waals surface area contributed by atoms with Crippen LogP contribution in [0.5, 0.6) is 0 Å². The van der Waals surface area contributed by atoms with Crippen LogP contribution in [0.2, 0.25) is 0 Å². The first-order chi connectivity index (χ1) is 16.2. The first-order valence-corrected chi connectivity index (χ1v) is 16.2. The van der Waals surface area contributed by atoms with Crippen LogP contribution in [0.15, 0.2) is 103 Å². The van der Waals surface area contributed by atoms with Crippen LogP contribution in [0.3, 0.4) is 0 Å². The van der Waals surface area contributed by atoms with Crippen LogP contribution in [0, 0.1) is 5.92 Å². The van der Waals surface area contributed by atoms with E-state index in [0.29, 0.717) is 4.08 Å². The van der Waals surface area contributed by atoms with Crippen molar-refractivity contribution in [3.63, 3.8) is 0 Å². The van der Waals surface area contributed by atoms with E-state index in [1.807, 2.05) is 0 Å². The van der Waals surface area contributed by atoms with Crippen LogP contribution < -0.4 is 39.9 Å². The second kappa shape index (κ2) is 12.0. The van der Waals surface area contributed by atoms with Gasteiger partial charge in [-0.1, -0.05) is 66.2 Å². The van der Waals surface area contributed by atoms with Gasteiger partial charge in [-0.05, 0) is 74.9 Å². The number of rotatable bonds is 7. The van der Waals surface area contributed by atoms with E-state index in [0.717, 1.165) is 5.92 Å². The highest BCUT2D eigenvalue weighted by molar-refractivity contribution is 8.21. The Morgan fingerprint density at radius 3 is 1.68 bits per heavy atom. The summed E-state index contributed by atoms with van der Waals surface area (Å²) >= 11 is 4.37. The van der Waals surface area contributed by atoms with Gasteiger partial charge in [-0.3, -0.25) is 0 Å². The van der Waals surface area contributed by atoms with Crippen molar-refractivity contribution in [2.75, 3.05) is 17.7 Å². The Hall–Kier alpha value is -0.740. The number of halogens is 1. The van der Waals surface area contributed by atoms with Gasteiger partial charge in [0.15, 0.2) is 0 Å². The summed E-state index contributed by atoms with van der Waals surface area (Å²) in [5.74, 6) is 3.39. The molecule has 0 bridgehead atoms. The van der Waals surface area contributed by atoms with Crippen LogP contribution in [0.25, 0.3) is 0 Å². The van der Waals surface area contributed by atoms with Crippen molar-refractivity contribution in [1.82, 2.24) is 0 Å². The van der Waals surface area contributed by atoms with Crippen molar-refractivity contribution in [2.45, 2.75) is 36.7 Å². The van der Waals surface area contributed by atoms with Crippen LogP contribution in [-0.2, 0) is 0 Å². The summed E-state index contributed by atoms with van der Waals surface area (Å²) < 4.78 is 0.398. The SMILES string of the molecule is CC1=CC2(CCC1CCC[P+](c1ccccc1)(c1ccccc1)c1ccccc1)SCCS2.[I-]. The van der Waals surface area contributed by atoms with Gasteiger partial charge in [0, 0.05) is 11.5 Å². The molecule has 2 aliphatic rings. The predicted octanol–water partition coefficient (Wildman–Crippen LogP) is 4.30. The van der Waals surface area contributed by atoms with Crippen LogP contribution in [-0.4, -0.2) is 21.7 Å².